The maximum Gasteiger partial charge on any atom is 0.230 e. The van der Waals surface area contributed by atoms with Crippen LogP contribution in [0.2, 0.25) is 0 Å². The SMILES string of the molecule is Cn1cnc(-c2noc(N)c2-c2ccc(Br)cc2)c1. The van der Waals surface area contributed by atoms with Crippen molar-refractivity contribution in [2.75, 3.05) is 5.73 Å². The summed E-state index contributed by atoms with van der Waals surface area (Å²) in [5, 5.41) is 4.01. The van der Waals surface area contributed by atoms with Gasteiger partial charge in [-0.1, -0.05) is 33.2 Å². The molecule has 0 atom stereocenters. The summed E-state index contributed by atoms with van der Waals surface area (Å²) in [7, 11) is 1.90. The topological polar surface area (TPSA) is 69.9 Å². The second-order valence-corrected chi connectivity index (χ2v) is 5.12. The molecular weight excluding hydrogens is 308 g/mol. The number of aromatic nitrogens is 3. The Hall–Kier alpha value is -2.08. The smallest absolute Gasteiger partial charge is 0.230 e. The van der Waals surface area contributed by atoms with Crippen LogP contribution in [-0.4, -0.2) is 14.7 Å². The first-order valence-corrected chi connectivity index (χ1v) is 6.44. The summed E-state index contributed by atoms with van der Waals surface area (Å²) in [6.07, 6.45) is 3.59. The van der Waals surface area contributed by atoms with Gasteiger partial charge in [0, 0.05) is 17.7 Å². The molecule has 0 unspecified atom stereocenters. The number of nitrogen functional groups attached to an aromatic ring is 1. The fraction of sp³-hybridized carbons (Fsp3) is 0.0769. The Kier molecular flexibility index (Phi) is 2.87. The fourth-order valence-electron chi connectivity index (χ4n) is 1.91. The van der Waals surface area contributed by atoms with Gasteiger partial charge in [-0.2, -0.15) is 0 Å². The monoisotopic (exact) mass is 318 g/mol. The van der Waals surface area contributed by atoms with Gasteiger partial charge < -0.3 is 14.8 Å². The normalized spacial score (nSPS) is 10.8. The van der Waals surface area contributed by atoms with Gasteiger partial charge in [0.2, 0.25) is 5.88 Å². The molecule has 0 fully saturated rings. The molecule has 3 aromatic rings. The average molecular weight is 319 g/mol. The highest BCUT2D eigenvalue weighted by Gasteiger charge is 2.18. The van der Waals surface area contributed by atoms with Crippen molar-refractivity contribution >= 4 is 21.8 Å². The van der Waals surface area contributed by atoms with Crippen molar-refractivity contribution in [2.45, 2.75) is 0 Å². The molecule has 19 heavy (non-hydrogen) atoms. The molecule has 0 aliphatic carbocycles. The third kappa shape index (κ3) is 2.15. The lowest BCUT2D eigenvalue weighted by Gasteiger charge is -2.01. The van der Waals surface area contributed by atoms with E-state index < -0.39 is 0 Å². The lowest BCUT2D eigenvalue weighted by Crippen LogP contribution is -1.88. The van der Waals surface area contributed by atoms with Gasteiger partial charge in [-0.05, 0) is 17.7 Å². The molecule has 6 heteroatoms. The second kappa shape index (κ2) is 4.55. The maximum atomic E-state index is 5.88. The third-order valence-electron chi connectivity index (χ3n) is 2.80. The largest absolute Gasteiger partial charge is 0.367 e. The van der Waals surface area contributed by atoms with E-state index in [1.807, 2.05) is 42.1 Å². The average Bonchev–Trinajstić information content (AvgIpc) is 2.97. The van der Waals surface area contributed by atoms with Crippen molar-refractivity contribution in [3.05, 3.63) is 41.3 Å². The Morgan fingerprint density at radius 3 is 2.63 bits per heavy atom. The van der Waals surface area contributed by atoms with Crippen LogP contribution in [0.3, 0.4) is 0 Å². The summed E-state index contributed by atoms with van der Waals surface area (Å²) in [4.78, 5) is 4.28. The van der Waals surface area contributed by atoms with Gasteiger partial charge in [0.1, 0.15) is 11.4 Å². The Morgan fingerprint density at radius 1 is 1.26 bits per heavy atom. The summed E-state index contributed by atoms with van der Waals surface area (Å²) in [6, 6.07) is 7.81. The number of nitrogens with two attached hydrogens (primary N) is 1. The highest BCUT2D eigenvalue weighted by Crippen LogP contribution is 2.35. The van der Waals surface area contributed by atoms with Crippen molar-refractivity contribution in [3.8, 4) is 22.5 Å². The van der Waals surface area contributed by atoms with Gasteiger partial charge in [0.05, 0.1) is 11.9 Å². The van der Waals surface area contributed by atoms with Crippen LogP contribution >= 0.6 is 15.9 Å². The molecule has 0 aliphatic rings. The van der Waals surface area contributed by atoms with E-state index in [-0.39, 0.29) is 0 Å². The third-order valence-corrected chi connectivity index (χ3v) is 3.33. The summed E-state index contributed by atoms with van der Waals surface area (Å²) in [5.74, 6) is 0.294. The molecule has 0 amide bonds. The van der Waals surface area contributed by atoms with Crippen LogP contribution in [0.5, 0.6) is 0 Å². The molecule has 1 aromatic carbocycles. The lowest BCUT2D eigenvalue weighted by atomic mass is 10.0. The molecule has 5 nitrogen and oxygen atoms in total. The highest BCUT2D eigenvalue weighted by molar-refractivity contribution is 9.10. The number of benzene rings is 1. The van der Waals surface area contributed by atoms with Crippen LogP contribution in [0.1, 0.15) is 0 Å². The van der Waals surface area contributed by atoms with Crippen molar-refractivity contribution < 1.29 is 4.52 Å². The number of anilines is 1. The number of rotatable bonds is 2. The van der Waals surface area contributed by atoms with Gasteiger partial charge in [0.25, 0.3) is 0 Å². The van der Waals surface area contributed by atoms with E-state index in [1.54, 1.807) is 6.33 Å². The summed E-state index contributed by atoms with van der Waals surface area (Å²) in [6.45, 7) is 0. The van der Waals surface area contributed by atoms with Gasteiger partial charge in [-0.3, -0.25) is 0 Å². The number of aryl methyl sites for hydroxylation is 1. The Balaban J connectivity index is 2.16. The number of nitrogens with zero attached hydrogens (tertiary/aromatic N) is 3. The van der Waals surface area contributed by atoms with Crippen LogP contribution in [0.4, 0.5) is 5.88 Å². The zero-order valence-electron chi connectivity index (χ0n) is 10.2. The van der Waals surface area contributed by atoms with Gasteiger partial charge in [-0.25, -0.2) is 4.98 Å². The molecule has 3 rings (SSSR count). The van der Waals surface area contributed by atoms with Crippen molar-refractivity contribution in [3.63, 3.8) is 0 Å². The molecule has 0 radical (unpaired) electrons. The van der Waals surface area contributed by atoms with Crippen molar-refractivity contribution in [2.24, 2.45) is 7.05 Å². The maximum absolute atomic E-state index is 5.88. The van der Waals surface area contributed by atoms with E-state index in [0.29, 0.717) is 11.6 Å². The van der Waals surface area contributed by atoms with Crippen LogP contribution in [0.15, 0.2) is 45.8 Å². The Labute approximate surface area is 118 Å². The Bertz CT molecular complexity index is 715. The van der Waals surface area contributed by atoms with E-state index in [9.17, 15) is 0 Å². The Morgan fingerprint density at radius 2 is 2.00 bits per heavy atom. The molecule has 0 aliphatic heterocycles. The molecule has 0 spiro atoms. The highest BCUT2D eigenvalue weighted by atomic mass is 79.9. The van der Waals surface area contributed by atoms with Crippen molar-refractivity contribution in [1.82, 2.24) is 14.7 Å². The van der Waals surface area contributed by atoms with E-state index in [4.69, 9.17) is 10.3 Å². The summed E-state index contributed by atoms with van der Waals surface area (Å²) in [5.41, 5.74) is 8.99. The minimum Gasteiger partial charge on any atom is -0.367 e. The van der Waals surface area contributed by atoms with Gasteiger partial charge in [0.15, 0.2) is 0 Å². The van der Waals surface area contributed by atoms with Crippen LogP contribution < -0.4 is 5.73 Å². The molecule has 2 aromatic heterocycles. The molecule has 0 bridgehead atoms. The number of imidazole rings is 1. The minimum absolute atomic E-state index is 0.294. The predicted molar refractivity (Wildman–Crippen MR) is 76.3 cm³/mol. The minimum atomic E-state index is 0.294. The first-order chi connectivity index (χ1) is 9.15. The molecule has 0 saturated carbocycles. The lowest BCUT2D eigenvalue weighted by molar-refractivity contribution is 0.439. The van der Waals surface area contributed by atoms with Gasteiger partial charge >= 0.3 is 0 Å². The van der Waals surface area contributed by atoms with E-state index in [1.165, 1.54) is 0 Å². The second-order valence-electron chi connectivity index (χ2n) is 4.20. The zero-order valence-corrected chi connectivity index (χ0v) is 11.8. The zero-order chi connectivity index (χ0) is 13.4. The molecule has 2 N–H and O–H groups in total. The first kappa shape index (κ1) is 12.0. The molecule has 2 heterocycles. The molecule has 96 valence electrons. The van der Waals surface area contributed by atoms with E-state index >= 15 is 0 Å². The molecular formula is C13H11BrN4O. The standard InChI is InChI=1S/C13H11BrN4O/c1-18-6-10(16-7-18)12-11(13(15)19-17-12)8-2-4-9(14)5-3-8/h2-7H,15H2,1H3. The van der Waals surface area contributed by atoms with Gasteiger partial charge in [-0.15, -0.1) is 0 Å². The number of halogens is 1. The van der Waals surface area contributed by atoms with Crippen molar-refractivity contribution in [1.29, 1.82) is 0 Å². The quantitative estimate of drug-likeness (QED) is 0.788. The first-order valence-electron chi connectivity index (χ1n) is 5.64. The van der Waals surface area contributed by atoms with Crippen LogP contribution in [0, 0.1) is 0 Å². The number of hydrogen-bond donors (Lipinski definition) is 1. The number of hydrogen-bond acceptors (Lipinski definition) is 4. The summed E-state index contributed by atoms with van der Waals surface area (Å²) < 4.78 is 7.97. The van der Waals surface area contributed by atoms with E-state index in [2.05, 4.69) is 26.1 Å². The van der Waals surface area contributed by atoms with Crippen LogP contribution in [-0.2, 0) is 7.05 Å². The van der Waals surface area contributed by atoms with E-state index in [0.717, 1.165) is 21.3 Å². The summed E-state index contributed by atoms with van der Waals surface area (Å²) >= 11 is 3.41. The molecule has 0 saturated heterocycles. The predicted octanol–water partition coefficient (Wildman–Crippen LogP) is 3.09. The fourth-order valence-corrected chi connectivity index (χ4v) is 2.17. The van der Waals surface area contributed by atoms with Crippen LogP contribution in [0.25, 0.3) is 22.5 Å².